The maximum Gasteiger partial charge on any atom is 0.416 e. The van der Waals surface area contributed by atoms with Crippen molar-refractivity contribution in [3.05, 3.63) is 35.4 Å². The molecular weight excluding hydrogens is 235 g/mol. The third-order valence-electron chi connectivity index (χ3n) is 1.96. The topological polar surface area (TPSA) is 81.1 Å². The Morgan fingerprint density at radius 1 is 1.35 bits per heavy atom. The molecule has 0 bridgehead atoms. The summed E-state index contributed by atoms with van der Waals surface area (Å²) in [6.07, 6.45) is -2.14. The van der Waals surface area contributed by atoms with E-state index >= 15 is 0 Å². The highest BCUT2D eigenvalue weighted by molar-refractivity contribution is 5.91. The molecule has 0 aromatic heterocycles. The van der Waals surface area contributed by atoms with E-state index in [1.54, 1.807) is 0 Å². The van der Waals surface area contributed by atoms with Crippen molar-refractivity contribution in [3.8, 4) is 0 Å². The number of nitrogens with two attached hydrogens (primary N) is 2. The second-order valence-corrected chi connectivity index (χ2v) is 3.18. The SMILES string of the molecule is NNc1cc(C(F)(F)F)ccc1C=CC(N)=O. The Bertz CT molecular complexity index is 455. The third kappa shape index (κ3) is 3.49. The molecule has 1 aromatic carbocycles. The molecule has 1 aromatic rings. The third-order valence-corrected chi connectivity index (χ3v) is 1.96. The van der Waals surface area contributed by atoms with E-state index in [1.165, 1.54) is 12.1 Å². The van der Waals surface area contributed by atoms with Gasteiger partial charge in [0, 0.05) is 6.08 Å². The van der Waals surface area contributed by atoms with Gasteiger partial charge in [-0.1, -0.05) is 6.07 Å². The number of carbonyl (C=O) groups excluding carboxylic acids is 1. The lowest BCUT2D eigenvalue weighted by Crippen LogP contribution is -2.11. The van der Waals surface area contributed by atoms with Gasteiger partial charge in [0.25, 0.3) is 0 Å². The number of hydrogen-bond acceptors (Lipinski definition) is 3. The average Bonchev–Trinajstić information content (AvgIpc) is 2.24. The number of hydrogen-bond donors (Lipinski definition) is 3. The molecule has 0 saturated heterocycles. The van der Waals surface area contributed by atoms with Crippen molar-refractivity contribution in [3.63, 3.8) is 0 Å². The van der Waals surface area contributed by atoms with Crippen molar-refractivity contribution in [2.45, 2.75) is 6.18 Å². The lowest BCUT2D eigenvalue weighted by atomic mass is 10.1. The van der Waals surface area contributed by atoms with Crippen LogP contribution in [0.2, 0.25) is 0 Å². The Labute approximate surface area is 95.1 Å². The monoisotopic (exact) mass is 245 g/mol. The van der Waals surface area contributed by atoms with Crippen LogP contribution in [0.3, 0.4) is 0 Å². The molecule has 0 fully saturated rings. The number of rotatable bonds is 3. The summed E-state index contributed by atoms with van der Waals surface area (Å²) in [5, 5.41) is 0. The second kappa shape index (κ2) is 4.88. The molecule has 0 radical (unpaired) electrons. The number of nitrogens with one attached hydrogen (secondary N) is 1. The summed E-state index contributed by atoms with van der Waals surface area (Å²) in [6.45, 7) is 0. The number of hydrazine groups is 1. The van der Waals surface area contributed by atoms with Crippen LogP contribution in [0, 0.1) is 0 Å². The highest BCUT2D eigenvalue weighted by atomic mass is 19.4. The van der Waals surface area contributed by atoms with Gasteiger partial charge in [0.15, 0.2) is 0 Å². The second-order valence-electron chi connectivity index (χ2n) is 3.18. The van der Waals surface area contributed by atoms with E-state index in [0.717, 1.165) is 18.2 Å². The van der Waals surface area contributed by atoms with Crippen LogP contribution < -0.4 is 17.0 Å². The lowest BCUT2D eigenvalue weighted by Gasteiger charge is -2.10. The van der Waals surface area contributed by atoms with Crippen LogP contribution in [0.15, 0.2) is 24.3 Å². The fourth-order valence-corrected chi connectivity index (χ4v) is 1.17. The van der Waals surface area contributed by atoms with Crippen LogP contribution in [0.1, 0.15) is 11.1 Å². The van der Waals surface area contributed by atoms with Crippen molar-refractivity contribution in [1.82, 2.24) is 0 Å². The van der Waals surface area contributed by atoms with Crippen molar-refractivity contribution < 1.29 is 18.0 Å². The zero-order valence-corrected chi connectivity index (χ0v) is 8.58. The quantitative estimate of drug-likeness (QED) is 0.428. The van der Waals surface area contributed by atoms with Crippen LogP contribution in [0.25, 0.3) is 6.08 Å². The van der Waals surface area contributed by atoms with Gasteiger partial charge in [-0.3, -0.25) is 10.6 Å². The van der Waals surface area contributed by atoms with Crippen LogP contribution >= 0.6 is 0 Å². The minimum absolute atomic E-state index is 0.0531. The zero-order chi connectivity index (χ0) is 13.1. The fourth-order valence-electron chi connectivity index (χ4n) is 1.17. The number of benzene rings is 1. The van der Waals surface area contributed by atoms with Gasteiger partial charge in [0.2, 0.25) is 5.91 Å². The highest BCUT2D eigenvalue weighted by Gasteiger charge is 2.30. The van der Waals surface area contributed by atoms with Crippen LogP contribution in [0.4, 0.5) is 18.9 Å². The van der Waals surface area contributed by atoms with E-state index < -0.39 is 17.6 Å². The van der Waals surface area contributed by atoms with Gasteiger partial charge < -0.3 is 11.2 Å². The largest absolute Gasteiger partial charge is 0.416 e. The number of nitrogen functional groups attached to an aromatic ring is 1. The summed E-state index contributed by atoms with van der Waals surface area (Å²) in [5.41, 5.74) is 6.56. The maximum atomic E-state index is 12.4. The summed E-state index contributed by atoms with van der Waals surface area (Å²) in [7, 11) is 0. The first kappa shape index (κ1) is 13.0. The van der Waals surface area contributed by atoms with E-state index in [-0.39, 0.29) is 5.69 Å². The number of carbonyl (C=O) groups is 1. The van der Waals surface area contributed by atoms with Gasteiger partial charge in [-0.15, -0.1) is 0 Å². The standard InChI is InChI=1S/C10H10F3N3O/c11-10(12,13)7-3-1-6(2-4-9(14)17)8(5-7)16-15/h1-5,16H,15H2,(H2,14,17). The normalized spacial score (nSPS) is 11.8. The zero-order valence-electron chi connectivity index (χ0n) is 8.58. The Morgan fingerprint density at radius 2 is 2.00 bits per heavy atom. The molecule has 17 heavy (non-hydrogen) atoms. The van der Waals surface area contributed by atoms with Gasteiger partial charge in [0.05, 0.1) is 11.3 Å². The minimum Gasteiger partial charge on any atom is -0.366 e. The molecule has 5 N–H and O–H groups in total. The fraction of sp³-hybridized carbons (Fsp3) is 0.100. The van der Waals surface area contributed by atoms with E-state index in [2.05, 4.69) is 5.43 Å². The van der Waals surface area contributed by atoms with Crippen molar-refractivity contribution in [2.24, 2.45) is 11.6 Å². The first-order valence-corrected chi connectivity index (χ1v) is 4.50. The van der Waals surface area contributed by atoms with Crippen molar-refractivity contribution in [1.29, 1.82) is 0 Å². The molecule has 7 heteroatoms. The molecule has 0 aliphatic rings. The van der Waals surface area contributed by atoms with Gasteiger partial charge in [0.1, 0.15) is 0 Å². The van der Waals surface area contributed by atoms with Crippen molar-refractivity contribution >= 4 is 17.7 Å². The minimum atomic E-state index is -4.45. The van der Waals surface area contributed by atoms with Crippen LogP contribution in [-0.2, 0) is 11.0 Å². The average molecular weight is 245 g/mol. The summed E-state index contributed by atoms with van der Waals surface area (Å²) in [6, 6.07) is 2.93. The molecule has 0 aliphatic carbocycles. The smallest absolute Gasteiger partial charge is 0.366 e. The molecule has 0 unspecified atom stereocenters. The van der Waals surface area contributed by atoms with Gasteiger partial charge in [-0.25, -0.2) is 0 Å². The number of primary amides is 1. The van der Waals surface area contributed by atoms with Crippen LogP contribution in [0.5, 0.6) is 0 Å². The lowest BCUT2D eigenvalue weighted by molar-refractivity contribution is -0.137. The molecule has 0 aliphatic heterocycles. The molecule has 0 saturated carbocycles. The van der Waals surface area contributed by atoms with Gasteiger partial charge in [-0.2, -0.15) is 13.2 Å². The Kier molecular flexibility index (Phi) is 3.74. The van der Waals surface area contributed by atoms with Crippen molar-refractivity contribution in [2.75, 3.05) is 5.43 Å². The number of alkyl halides is 3. The Balaban J connectivity index is 3.14. The molecule has 1 amide bonds. The Hall–Kier alpha value is -2.02. The highest BCUT2D eigenvalue weighted by Crippen LogP contribution is 2.32. The molecule has 0 heterocycles. The van der Waals surface area contributed by atoms with Crippen LogP contribution in [-0.4, -0.2) is 5.91 Å². The first-order valence-electron chi connectivity index (χ1n) is 4.50. The molecule has 92 valence electrons. The summed E-state index contributed by atoms with van der Waals surface area (Å²) in [5.74, 6) is 4.40. The molecule has 1 rings (SSSR count). The van der Waals surface area contributed by atoms with Gasteiger partial charge in [-0.05, 0) is 23.8 Å². The Morgan fingerprint density at radius 3 is 2.47 bits per heavy atom. The molecule has 0 spiro atoms. The summed E-state index contributed by atoms with van der Waals surface area (Å²) >= 11 is 0. The molecular formula is C10H10F3N3O. The van der Waals surface area contributed by atoms with E-state index in [0.29, 0.717) is 5.56 Å². The maximum absolute atomic E-state index is 12.4. The predicted octanol–water partition coefficient (Wildman–Crippen LogP) is 1.49. The van der Waals surface area contributed by atoms with E-state index in [4.69, 9.17) is 11.6 Å². The summed E-state index contributed by atoms with van der Waals surface area (Å²) in [4.78, 5) is 10.5. The van der Waals surface area contributed by atoms with Gasteiger partial charge >= 0.3 is 6.18 Å². The summed E-state index contributed by atoms with van der Waals surface area (Å²) < 4.78 is 37.2. The number of halogens is 3. The predicted molar refractivity (Wildman–Crippen MR) is 57.5 cm³/mol. The first-order chi connectivity index (χ1) is 7.84. The number of amides is 1. The molecule has 0 atom stereocenters. The van der Waals surface area contributed by atoms with E-state index in [9.17, 15) is 18.0 Å². The molecule has 4 nitrogen and oxygen atoms in total. The number of anilines is 1. The van der Waals surface area contributed by atoms with E-state index in [1.807, 2.05) is 0 Å².